The Labute approximate surface area is 113 Å². The molecule has 0 atom stereocenters. The third-order valence-corrected chi connectivity index (χ3v) is 3.59. The monoisotopic (exact) mass is 251 g/mol. The lowest BCUT2D eigenvalue weighted by atomic mass is 9.95. The molecule has 0 saturated carbocycles. The van der Waals surface area contributed by atoms with E-state index >= 15 is 0 Å². The third kappa shape index (κ3) is 2.26. The average molecular weight is 251 g/mol. The van der Waals surface area contributed by atoms with E-state index in [2.05, 4.69) is 48.3 Å². The number of rotatable bonds is 2. The van der Waals surface area contributed by atoms with Gasteiger partial charge in [0.1, 0.15) is 5.75 Å². The number of aryl methyl sites for hydroxylation is 1. The number of methoxy groups -OCH3 is 1. The van der Waals surface area contributed by atoms with E-state index in [1.54, 1.807) is 7.11 Å². The van der Waals surface area contributed by atoms with Crippen LogP contribution < -0.4 is 4.74 Å². The fraction of sp³-hybridized carbons (Fsp3) is 0.235. The molecule has 2 aromatic carbocycles. The first kappa shape index (κ1) is 12.0. The van der Waals surface area contributed by atoms with Crippen molar-refractivity contribution < 1.29 is 4.74 Å². The molecule has 1 heterocycles. The lowest BCUT2D eigenvalue weighted by Gasteiger charge is -2.16. The first-order valence-electron chi connectivity index (χ1n) is 6.53. The number of fused-ring (bicyclic) bond motifs is 1. The molecule has 3 rings (SSSR count). The maximum Gasteiger partial charge on any atom is 0.126 e. The van der Waals surface area contributed by atoms with Crippen LogP contribution in [0.25, 0.3) is 11.1 Å². The van der Waals surface area contributed by atoms with Crippen LogP contribution in [0.2, 0.25) is 0 Å². The van der Waals surface area contributed by atoms with Crippen LogP contribution >= 0.6 is 0 Å². The van der Waals surface area contributed by atoms with Crippen LogP contribution in [-0.2, 0) is 13.0 Å². The molecule has 1 aliphatic rings. The minimum Gasteiger partial charge on any atom is -0.496 e. The van der Waals surface area contributed by atoms with Crippen LogP contribution in [-0.4, -0.2) is 13.3 Å². The molecule has 2 nitrogen and oxygen atoms in total. The molecule has 2 aromatic rings. The van der Waals surface area contributed by atoms with Gasteiger partial charge in [-0.15, -0.1) is 0 Å². The van der Waals surface area contributed by atoms with Crippen LogP contribution in [0, 0.1) is 6.92 Å². The highest BCUT2D eigenvalue weighted by Crippen LogP contribution is 2.34. The largest absolute Gasteiger partial charge is 0.496 e. The number of hydrogen-bond acceptors (Lipinski definition) is 2. The van der Waals surface area contributed by atoms with Crippen molar-refractivity contribution in [2.24, 2.45) is 4.99 Å². The molecule has 0 saturated heterocycles. The Morgan fingerprint density at radius 3 is 2.58 bits per heavy atom. The number of ether oxygens (including phenoxy) is 1. The molecule has 0 fully saturated rings. The SMILES string of the molecule is COc1cc2c(cc1-c1ccc(C)cc1)CN=CC2. The predicted octanol–water partition coefficient (Wildman–Crippen LogP) is 3.80. The van der Waals surface area contributed by atoms with Gasteiger partial charge in [0.05, 0.1) is 13.7 Å². The van der Waals surface area contributed by atoms with E-state index in [0.717, 1.165) is 24.3 Å². The number of hydrogen-bond donors (Lipinski definition) is 0. The lowest BCUT2D eigenvalue weighted by molar-refractivity contribution is 0.416. The number of benzene rings is 2. The molecule has 0 unspecified atom stereocenters. The van der Waals surface area contributed by atoms with E-state index in [1.807, 2.05) is 6.21 Å². The van der Waals surface area contributed by atoms with E-state index < -0.39 is 0 Å². The summed E-state index contributed by atoms with van der Waals surface area (Å²) in [5.74, 6) is 0.943. The quantitative estimate of drug-likeness (QED) is 0.795. The summed E-state index contributed by atoms with van der Waals surface area (Å²) >= 11 is 0. The van der Waals surface area contributed by atoms with Crippen molar-refractivity contribution in [3.63, 3.8) is 0 Å². The Kier molecular flexibility index (Phi) is 3.08. The van der Waals surface area contributed by atoms with Crippen molar-refractivity contribution in [2.45, 2.75) is 19.9 Å². The Bertz CT molecular complexity index is 626. The van der Waals surface area contributed by atoms with Crippen LogP contribution in [0.5, 0.6) is 5.75 Å². The topological polar surface area (TPSA) is 21.6 Å². The Morgan fingerprint density at radius 2 is 1.84 bits per heavy atom. The highest BCUT2D eigenvalue weighted by Gasteiger charge is 2.13. The van der Waals surface area contributed by atoms with Crippen LogP contribution in [0.3, 0.4) is 0 Å². The summed E-state index contributed by atoms with van der Waals surface area (Å²) in [5, 5.41) is 0. The lowest BCUT2D eigenvalue weighted by Crippen LogP contribution is -2.02. The molecule has 0 aliphatic carbocycles. The van der Waals surface area contributed by atoms with Gasteiger partial charge in [-0.05, 0) is 35.7 Å². The zero-order valence-electron chi connectivity index (χ0n) is 11.3. The highest BCUT2D eigenvalue weighted by atomic mass is 16.5. The number of aliphatic imine (C=N–C) groups is 1. The van der Waals surface area contributed by atoms with E-state index in [4.69, 9.17) is 4.74 Å². The molecule has 19 heavy (non-hydrogen) atoms. The smallest absolute Gasteiger partial charge is 0.126 e. The summed E-state index contributed by atoms with van der Waals surface area (Å²) in [7, 11) is 1.73. The van der Waals surface area contributed by atoms with Gasteiger partial charge >= 0.3 is 0 Å². The zero-order chi connectivity index (χ0) is 13.2. The van der Waals surface area contributed by atoms with E-state index in [0.29, 0.717) is 0 Å². The second-order valence-electron chi connectivity index (χ2n) is 4.91. The number of nitrogens with zero attached hydrogens (tertiary/aromatic N) is 1. The van der Waals surface area contributed by atoms with Crippen molar-refractivity contribution in [2.75, 3.05) is 7.11 Å². The van der Waals surface area contributed by atoms with Gasteiger partial charge in [-0.3, -0.25) is 4.99 Å². The fourth-order valence-electron chi connectivity index (χ4n) is 2.46. The summed E-state index contributed by atoms with van der Waals surface area (Å²) in [4.78, 5) is 4.36. The average Bonchev–Trinajstić information content (AvgIpc) is 2.46. The predicted molar refractivity (Wildman–Crippen MR) is 79.1 cm³/mol. The molecular formula is C17H17NO. The van der Waals surface area contributed by atoms with Gasteiger partial charge in [0.15, 0.2) is 0 Å². The zero-order valence-corrected chi connectivity index (χ0v) is 11.3. The summed E-state index contributed by atoms with van der Waals surface area (Å²) < 4.78 is 5.55. The molecule has 0 amide bonds. The van der Waals surface area contributed by atoms with Gasteiger partial charge in [0, 0.05) is 18.2 Å². The van der Waals surface area contributed by atoms with Gasteiger partial charge in [0.25, 0.3) is 0 Å². The normalized spacial score (nSPS) is 13.2. The van der Waals surface area contributed by atoms with Crippen molar-refractivity contribution >= 4 is 6.21 Å². The van der Waals surface area contributed by atoms with Gasteiger partial charge in [0.2, 0.25) is 0 Å². The van der Waals surface area contributed by atoms with E-state index in [9.17, 15) is 0 Å². The molecular weight excluding hydrogens is 234 g/mol. The second kappa shape index (κ2) is 4.88. The molecule has 0 radical (unpaired) electrons. The van der Waals surface area contributed by atoms with Crippen LogP contribution in [0.15, 0.2) is 41.4 Å². The maximum atomic E-state index is 5.55. The molecule has 0 aromatic heterocycles. The molecule has 0 bridgehead atoms. The van der Waals surface area contributed by atoms with Crippen molar-refractivity contribution in [3.8, 4) is 16.9 Å². The van der Waals surface area contributed by atoms with Crippen molar-refractivity contribution in [1.29, 1.82) is 0 Å². The summed E-state index contributed by atoms with van der Waals surface area (Å²) in [6.07, 6.45) is 2.88. The molecule has 1 aliphatic heterocycles. The van der Waals surface area contributed by atoms with Crippen molar-refractivity contribution in [3.05, 3.63) is 53.1 Å². The van der Waals surface area contributed by atoms with Gasteiger partial charge in [-0.25, -0.2) is 0 Å². The Morgan fingerprint density at radius 1 is 1.05 bits per heavy atom. The Balaban J connectivity index is 2.12. The minimum atomic E-state index is 0.776. The summed E-state index contributed by atoms with van der Waals surface area (Å²) in [6, 6.07) is 12.9. The summed E-state index contributed by atoms with van der Waals surface area (Å²) in [6.45, 7) is 2.88. The summed E-state index contributed by atoms with van der Waals surface area (Å²) in [5.41, 5.74) is 6.24. The standard InChI is InChI=1S/C17H17NO/c1-12-3-5-13(6-4-12)16-9-15-11-18-8-7-14(15)10-17(16)19-2/h3-6,8-10H,7,11H2,1-2H3. The molecule has 2 heteroatoms. The third-order valence-electron chi connectivity index (χ3n) is 3.59. The minimum absolute atomic E-state index is 0.776. The highest BCUT2D eigenvalue weighted by molar-refractivity contribution is 5.75. The van der Waals surface area contributed by atoms with Gasteiger partial charge in [-0.2, -0.15) is 0 Å². The van der Waals surface area contributed by atoms with Crippen molar-refractivity contribution in [1.82, 2.24) is 0 Å². The maximum absolute atomic E-state index is 5.55. The second-order valence-corrected chi connectivity index (χ2v) is 4.91. The first-order valence-corrected chi connectivity index (χ1v) is 6.53. The van der Waals surface area contributed by atoms with Crippen LogP contribution in [0.1, 0.15) is 16.7 Å². The van der Waals surface area contributed by atoms with Crippen LogP contribution in [0.4, 0.5) is 0 Å². The first-order chi connectivity index (χ1) is 9.28. The Hall–Kier alpha value is -2.09. The molecule has 0 N–H and O–H groups in total. The fourth-order valence-corrected chi connectivity index (χ4v) is 2.46. The van der Waals surface area contributed by atoms with E-state index in [1.165, 1.54) is 22.3 Å². The molecule has 0 spiro atoms. The van der Waals surface area contributed by atoms with Gasteiger partial charge < -0.3 is 4.74 Å². The van der Waals surface area contributed by atoms with Gasteiger partial charge in [-0.1, -0.05) is 29.8 Å². The molecule has 96 valence electrons. The van der Waals surface area contributed by atoms with E-state index in [-0.39, 0.29) is 0 Å².